The number of hydrogen-bond acceptors (Lipinski definition) is 3. The average Bonchev–Trinajstić information content (AvgIpc) is 2.46. The first kappa shape index (κ1) is 12.5. The highest BCUT2D eigenvalue weighted by Crippen LogP contribution is 2.25. The van der Waals surface area contributed by atoms with Gasteiger partial charge in [0.15, 0.2) is 0 Å². The van der Waals surface area contributed by atoms with Crippen LogP contribution in [0.3, 0.4) is 0 Å². The van der Waals surface area contributed by atoms with E-state index in [4.69, 9.17) is 4.74 Å². The van der Waals surface area contributed by atoms with Gasteiger partial charge in [-0.05, 0) is 42.5 Å². The molecular weight excluding hydrogens is 242 g/mol. The van der Waals surface area contributed by atoms with Gasteiger partial charge in [-0.1, -0.05) is 6.07 Å². The van der Waals surface area contributed by atoms with Crippen molar-refractivity contribution in [3.63, 3.8) is 0 Å². The first-order valence-corrected chi connectivity index (χ1v) is 6.91. The monoisotopic (exact) mass is 261 g/mol. The minimum Gasteiger partial charge on any atom is -0.508 e. The molecule has 2 aliphatic rings. The van der Waals surface area contributed by atoms with Crippen LogP contribution < -0.4 is 0 Å². The number of carbonyl (C=O) groups is 1. The highest BCUT2D eigenvalue weighted by atomic mass is 16.5. The number of nitrogens with zero attached hydrogens (tertiary/aromatic N) is 1. The van der Waals surface area contributed by atoms with Crippen molar-refractivity contribution in [2.75, 3.05) is 19.8 Å². The maximum Gasteiger partial charge on any atom is 0.228 e. The van der Waals surface area contributed by atoms with Crippen molar-refractivity contribution in [2.24, 2.45) is 5.92 Å². The SMILES string of the molecule is O=C(C1CCCOC1)N1CCc2ccc(O)cc2C1. The van der Waals surface area contributed by atoms with Gasteiger partial charge in [0.25, 0.3) is 0 Å². The number of fused-ring (bicyclic) bond motifs is 1. The number of phenols is 1. The topological polar surface area (TPSA) is 49.8 Å². The summed E-state index contributed by atoms with van der Waals surface area (Å²) in [7, 11) is 0. The third kappa shape index (κ3) is 2.59. The molecule has 1 aromatic carbocycles. The lowest BCUT2D eigenvalue weighted by Crippen LogP contribution is -2.42. The van der Waals surface area contributed by atoms with E-state index in [1.807, 2.05) is 11.0 Å². The Kier molecular flexibility index (Phi) is 3.42. The van der Waals surface area contributed by atoms with Crippen LogP contribution in [0.1, 0.15) is 24.0 Å². The molecule has 1 fully saturated rings. The molecule has 1 atom stereocenters. The lowest BCUT2D eigenvalue weighted by Gasteiger charge is -2.33. The minimum absolute atomic E-state index is 0.0209. The average molecular weight is 261 g/mol. The van der Waals surface area contributed by atoms with Crippen LogP contribution in [0.4, 0.5) is 0 Å². The summed E-state index contributed by atoms with van der Waals surface area (Å²) in [5.41, 5.74) is 2.30. The van der Waals surface area contributed by atoms with E-state index in [-0.39, 0.29) is 17.6 Å². The largest absolute Gasteiger partial charge is 0.508 e. The maximum atomic E-state index is 12.4. The summed E-state index contributed by atoms with van der Waals surface area (Å²) in [5.74, 6) is 0.496. The quantitative estimate of drug-likeness (QED) is 0.837. The number of phenolic OH excluding ortho intramolecular Hbond substituents is 1. The third-order valence-corrected chi connectivity index (χ3v) is 4.02. The Morgan fingerprint density at radius 1 is 1.37 bits per heavy atom. The van der Waals surface area contributed by atoms with Crippen LogP contribution in [0.15, 0.2) is 18.2 Å². The molecule has 4 heteroatoms. The molecule has 4 nitrogen and oxygen atoms in total. The van der Waals surface area contributed by atoms with Crippen molar-refractivity contribution >= 4 is 5.91 Å². The molecule has 0 aliphatic carbocycles. The number of aromatic hydroxyl groups is 1. The van der Waals surface area contributed by atoms with Crippen molar-refractivity contribution in [3.05, 3.63) is 29.3 Å². The zero-order valence-electron chi connectivity index (χ0n) is 11.0. The lowest BCUT2D eigenvalue weighted by molar-refractivity contribution is -0.140. The normalized spacial score (nSPS) is 22.9. The third-order valence-electron chi connectivity index (χ3n) is 4.02. The highest BCUT2D eigenvalue weighted by Gasteiger charge is 2.28. The van der Waals surface area contributed by atoms with Crippen LogP contribution in [-0.4, -0.2) is 35.7 Å². The smallest absolute Gasteiger partial charge is 0.228 e. The second-order valence-electron chi connectivity index (χ2n) is 5.38. The highest BCUT2D eigenvalue weighted by molar-refractivity contribution is 5.79. The minimum atomic E-state index is 0.0209. The first-order chi connectivity index (χ1) is 9.24. The second kappa shape index (κ2) is 5.21. The molecule has 0 saturated carbocycles. The van der Waals surface area contributed by atoms with Gasteiger partial charge in [-0.3, -0.25) is 4.79 Å². The molecule has 1 aromatic rings. The van der Waals surface area contributed by atoms with Gasteiger partial charge in [0.2, 0.25) is 5.91 Å². The second-order valence-corrected chi connectivity index (χ2v) is 5.38. The van der Waals surface area contributed by atoms with E-state index in [0.717, 1.165) is 38.0 Å². The summed E-state index contributed by atoms with van der Waals surface area (Å²) in [6.45, 7) is 2.72. The maximum absolute atomic E-state index is 12.4. The van der Waals surface area contributed by atoms with Gasteiger partial charge in [0.1, 0.15) is 5.75 Å². The van der Waals surface area contributed by atoms with Gasteiger partial charge in [-0.25, -0.2) is 0 Å². The molecule has 2 aliphatic heterocycles. The van der Waals surface area contributed by atoms with Crippen molar-refractivity contribution in [1.82, 2.24) is 4.90 Å². The van der Waals surface area contributed by atoms with Gasteiger partial charge in [0, 0.05) is 19.7 Å². The Labute approximate surface area is 113 Å². The molecule has 1 N–H and O–H groups in total. The van der Waals surface area contributed by atoms with Crippen molar-refractivity contribution in [1.29, 1.82) is 0 Å². The predicted octanol–water partition coefficient (Wildman–Crippen LogP) is 1.70. The van der Waals surface area contributed by atoms with E-state index in [1.54, 1.807) is 12.1 Å². The molecule has 0 spiro atoms. The number of amides is 1. The Hall–Kier alpha value is -1.55. The molecular formula is C15H19NO3. The Bertz CT molecular complexity index is 480. The van der Waals surface area contributed by atoms with Gasteiger partial charge in [0.05, 0.1) is 12.5 Å². The molecule has 19 heavy (non-hydrogen) atoms. The number of rotatable bonds is 1. The lowest BCUT2D eigenvalue weighted by atomic mass is 9.96. The van der Waals surface area contributed by atoms with Crippen molar-refractivity contribution < 1.29 is 14.6 Å². The van der Waals surface area contributed by atoms with Crippen LogP contribution >= 0.6 is 0 Å². The van der Waals surface area contributed by atoms with Gasteiger partial charge < -0.3 is 14.7 Å². The summed E-state index contributed by atoms with van der Waals surface area (Å²) >= 11 is 0. The van der Waals surface area contributed by atoms with Crippen LogP contribution in [0, 0.1) is 5.92 Å². The van der Waals surface area contributed by atoms with Crippen LogP contribution in [0.25, 0.3) is 0 Å². The van der Waals surface area contributed by atoms with Crippen molar-refractivity contribution in [3.8, 4) is 5.75 Å². The fourth-order valence-electron chi connectivity index (χ4n) is 2.93. The van der Waals surface area contributed by atoms with E-state index in [0.29, 0.717) is 13.2 Å². The molecule has 1 unspecified atom stereocenters. The summed E-state index contributed by atoms with van der Waals surface area (Å²) in [6, 6.07) is 5.44. The molecule has 102 valence electrons. The van der Waals surface area contributed by atoms with E-state index >= 15 is 0 Å². The zero-order chi connectivity index (χ0) is 13.2. The molecule has 1 amide bonds. The Morgan fingerprint density at radius 2 is 2.26 bits per heavy atom. The number of ether oxygens (including phenoxy) is 1. The number of benzene rings is 1. The summed E-state index contributed by atoms with van der Waals surface area (Å²) in [6.07, 6.45) is 2.78. The van der Waals surface area contributed by atoms with E-state index in [2.05, 4.69) is 0 Å². The number of hydrogen-bond donors (Lipinski definition) is 1. The zero-order valence-corrected chi connectivity index (χ0v) is 11.0. The molecule has 2 heterocycles. The van der Waals surface area contributed by atoms with E-state index in [9.17, 15) is 9.90 Å². The number of carbonyl (C=O) groups excluding carboxylic acids is 1. The van der Waals surface area contributed by atoms with Crippen LogP contribution in [-0.2, 0) is 22.5 Å². The Morgan fingerprint density at radius 3 is 3.05 bits per heavy atom. The fraction of sp³-hybridized carbons (Fsp3) is 0.533. The van der Waals surface area contributed by atoms with Crippen LogP contribution in [0.5, 0.6) is 5.75 Å². The summed E-state index contributed by atoms with van der Waals surface area (Å²) < 4.78 is 5.40. The fourth-order valence-corrected chi connectivity index (χ4v) is 2.93. The van der Waals surface area contributed by atoms with Gasteiger partial charge in [-0.15, -0.1) is 0 Å². The van der Waals surface area contributed by atoms with Crippen molar-refractivity contribution in [2.45, 2.75) is 25.8 Å². The summed E-state index contributed by atoms with van der Waals surface area (Å²) in [5, 5.41) is 9.54. The molecule has 3 rings (SSSR count). The van der Waals surface area contributed by atoms with Crippen LogP contribution in [0.2, 0.25) is 0 Å². The predicted molar refractivity (Wildman–Crippen MR) is 70.8 cm³/mol. The standard InChI is InChI=1S/C15H19NO3/c17-14-4-3-11-5-6-16(9-13(11)8-14)15(18)12-2-1-7-19-10-12/h3-4,8,12,17H,1-2,5-7,9-10H2. The first-order valence-electron chi connectivity index (χ1n) is 6.91. The van der Waals surface area contributed by atoms with E-state index < -0.39 is 0 Å². The van der Waals surface area contributed by atoms with Gasteiger partial charge >= 0.3 is 0 Å². The molecule has 0 radical (unpaired) electrons. The molecule has 0 bridgehead atoms. The molecule has 0 aromatic heterocycles. The van der Waals surface area contributed by atoms with E-state index in [1.165, 1.54) is 5.56 Å². The Balaban J connectivity index is 1.72. The van der Waals surface area contributed by atoms with Gasteiger partial charge in [-0.2, -0.15) is 0 Å². The summed E-state index contributed by atoms with van der Waals surface area (Å²) in [4.78, 5) is 14.3. The molecule has 1 saturated heterocycles.